The molecule has 64 valence electrons. The average Bonchev–Trinajstić information content (AvgIpc) is 2.01. The fraction of sp³-hybridized carbons (Fsp3) is 0.889. The zero-order chi connectivity index (χ0) is 9.07. The molecule has 0 aromatic rings. The Bertz CT molecular complexity index is 159. The van der Waals surface area contributed by atoms with E-state index in [0.717, 1.165) is 0 Å². The van der Waals surface area contributed by atoms with E-state index in [1.54, 1.807) is 6.92 Å². The fourth-order valence-electron chi connectivity index (χ4n) is 1.33. The molecule has 0 spiro atoms. The summed E-state index contributed by atoms with van der Waals surface area (Å²) in [4.78, 5) is 0. The summed E-state index contributed by atoms with van der Waals surface area (Å²) in [6, 6.07) is 2.09. The van der Waals surface area contributed by atoms with Gasteiger partial charge in [-0.1, -0.05) is 20.8 Å². The van der Waals surface area contributed by atoms with Crippen LogP contribution < -0.4 is 0 Å². The second-order valence-corrected chi connectivity index (χ2v) is 3.35. The summed E-state index contributed by atoms with van der Waals surface area (Å²) >= 11 is 0. The van der Waals surface area contributed by atoms with Gasteiger partial charge in [-0.15, -0.1) is 0 Å². The van der Waals surface area contributed by atoms with Gasteiger partial charge in [0, 0.05) is 0 Å². The number of rotatable bonds is 3. The predicted octanol–water partition coefficient (Wildman–Crippen LogP) is 1.94. The Morgan fingerprint density at radius 1 is 1.45 bits per heavy atom. The Kier molecular flexibility index (Phi) is 3.54. The Balaban J connectivity index is 4.48. The summed E-state index contributed by atoms with van der Waals surface area (Å²) in [6.45, 7) is 7.56. The molecule has 2 nitrogen and oxygen atoms in total. The van der Waals surface area contributed by atoms with Crippen LogP contribution >= 0.6 is 0 Å². The van der Waals surface area contributed by atoms with Crippen molar-refractivity contribution >= 4 is 0 Å². The third kappa shape index (κ3) is 1.94. The van der Waals surface area contributed by atoms with Crippen molar-refractivity contribution in [2.24, 2.45) is 11.8 Å². The minimum Gasteiger partial charge on any atom is -0.388 e. The van der Waals surface area contributed by atoms with E-state index in [-0.39, 0.29) is 11.8 Å². The highest BCUT2D eigenvalue weighted by atomic mass is 16.3. The average molecular weight is 155 g/mol. The molecule has 0 fully saturated rings. The Morgan fingerprint density at radius 2 is 1.91 bits per heavy atom. The van der Waals surface area contributed by atoms with Crippen LogP contribution in [-0.2, 0) is 0 Å². The molecule has 1 N–H and O–H groups in total. The summed E-state index contributed by atoms with van der Waals surface area (Å²) in [5.41, 5.74) is -0.811. The quantitative estimate of drug-likeness (QED) is 0.677. The van der Waals surface area contributed by atoms with Gasteiger partial charge >= 0.3 is 0 Å². The summed E-state index contributed by atoms with van der Waals surface area (Å²) in [7, 11) is 0. The van der Waals surface area contributed by atoms with E-state index in [4.69, 9.17) is 5.26 Å². The molecule has 2 atom stereocenters. The van der Waals surface area contributed by atoms with Gasteiger partial charge in [-0.05, 0) is 19.3 Å². The molecule has 0 bridgehead atoms. The van der Waals surface area contributed by atoms with Crippen LogP contribution in [0, 0.1) is 23.2 Å². The monoisotopic (exact) mass is 155 g/mol. The van der Waals surface area contributed by atoms with Crippen molar-refractivity contribution < 1.29 is 5.11 Å². The first-order valence-electron chi connectivity index (χ1n) is 4.11. The summed E-state index contributed by atoms with van der Waals surface area (Å²) in [6.07, 6.45) is 0.638. The minimum absolute atomic E-state index is 0.141. The van der Waals surface area contributed by atoms with E-state index in [2.05, 4.69) is 6.07 Å². The Hall–Kier alpha value is -0.550. The molecule has 0 aliphatic heterocycles. The van der Waals surface area contributed by atoms with Crippen molar-refractivity contribution in [1.29, 1.82) is 5.26 Å². The van der Waals surface area contributed by atoms with E-state index >= 15 is 0 Å². The standard InChI is InChI=1S/C9H17NO/c1-5-9(11,7(2)3)8(4)6-10/h7-8,11H,5H2,1-4H3. The van der Waals surface area contributed by atoms with E-state index < -0.39 is 5.60 Å². The van der Waals surface area contributed by atoms with Crippen LogP contribution in [0.2, 0.25) is 0 Å². The van der Waals surface area contributed by atoms with Gasteiger partial charge in [0.15, 0.2) is 0 Å². The van der Waals surface area contributed by atoms with Crippen LogP contribution in [0.15, 0.2) is 0 Å². The van der Waals surface area contributed by atoms with Gasteiger partial charge in [-0.3, -0.25) is 0 Å². The minimum atomic E-state index is -0.811. The van der Waals surface area contributed by atoms with Crippen molar-refractivity contribution in [2.45, 2.75) is 39.7 Å². The van der Waals surface area contributed by atoms with Crippen molar-refractivity contribution in [3.63, 3.8) is 0 Å². The SMILES string of the molecule is CCC(O)(C(C)C)C(C)C#N. The molecule has 0 aliphatic rings. The van der Waals surface area contributed by atoms with Crippen molar-refractivity contribution in [2.75, 3.05) is 0 Å². The lowest BCUT2D eigenvalue weighted by atomic mass is 9.78. The lowest BCUT2D eigenvalue weighted by molar-refractivity contribution is -0.0379. The number of hydrogen-bond donors (Lipinski definition) is 1. The maximum atomic E-state index is 9.94. The third-order valence-electron chi connectivity index (χ3n) is 2.51. The summed E-state index contributed by atoms with van der Waals surface area (Å²) < 4.78 is 0. The van der Waals surface area contributed by atoms with Gasteiger partial charge in [0.25, 0.3) is 0 Å². The second kappa shape index (κ2) is 3.73. The first-order valence-corrected chi connectivity index (χ1v) is 4.11. The van der Waals surface area contributed by atoms with Crippen LogP contribution in [0.3, 0.4) is 0 Å². The van der Waals surface area contributed by atoms with Crippen molar-refractivity contribution in [1.82, 2.24) is 0 Å². The molecule has 0 aliphatic carbocycles. The smallest absolute Gasteiger partial charge is 0.0822 e. The topological polar surface area (TPSA) is 44.0 Å². The number of aliphatic hydroxyl groups is 1. The molecule has 11 heavy (non-hydrogen) atoms. The molecule has 2 unspecified atom stereocenters. The molecule has 0 amide bonds. The van der Waals surface area contributed by atoms with Crippen molar-refractivity contribution in [3.8, 4) is 6.07 Å². The summed E-state index contributed by atoms with van der Waals surface area (Å²) in [5.74, 6) is -0.144. The lowest BCUT2D eigenvalue weighted by Gasteiger charge is -2.33. The van der Waals surface area contributed by atoms with Gasteiger partial charge in [-0.25, -0.2) is 0 Å². The molecular formula is C9H17NO. The lowest BCUT2D eigenvalue weighted by Crippen LogP contribution is -2.40. The van der Waals surface area contributed by atoms with Crippen LogP contribution in [0.5, 0.6) is 0 Å². The number of nitriles is 1. The maximum Gasteiger partial charge on any atom is 0.0822 e. The molecular weight excluding hydrogens is 138 g/mol. The fourth-order valence-corrected chi connectivity index (χ4v) is 1.33. The van der Waals surface area contributed by atoms with E-state index in [1.165, 1.54) is 0 Å². The van der Waals surface area contributed by atoms with Gasteiger partial charge in [0.05, 0.1) is 17.6 Å². The van der Waals surface area contributed by atoms with Gasteiger partial charge in [0.1, 0.15) is 0 Å². The van der Waals surface area contributed by atoms with E-state index in [9.17, 15) is 5.11 Å². The van der Waals surface area contributed by atoms with Crippen LogP contribution in [-0.4, -0.2) is 10.7 Å². The predicted molar refractivity (Wildman–Crippen MR) is 44.9 cm³/mol. The van der Waals surface area contributed by atoms with E-state index in [0.29, 0.717) is 6.42 Å². The van der Waals surface area contributed by atoms with Gasteiger partial charge < -0.3 is 5.11 Å². The zero-order valence-corrected chi connectivity index (χ0v) is 7.76. The van der Waals surface area contributed by atoms with E-state index in [1.807, 2.05) is 20.8 Å². The first-order chi connectivity index (χ1) is 4.99. The highest BCUT2D eigenvalue weighted by Crippen LogP contribution is 2.28. The highest BCUT2D eigenvalue weighted by molar-refractivity contribution is 4.97. The number of nitrogens with zero attached hydrogens (tertiary/aromatic N) is 1. The van der Waals surface area contributed by atoms with Crippen LogP contribution in [0.1, 0.15) is 34.1 Å². The maximum absolute atomic E-state index is 9.94. The second-order valence-electron chi connectivity index (χ2n) is 3.35. The molecule has 0 radical (unpaired) electrons. The largest absolute Gasteiger partial charge is 0.388 e. The third-order valence-corrected chi connectivity index (χ3v) is 2.51. The van der Waals surface area contributed by atoms with Gasteiger partial charge in [0.2, 0.25) is 0 Å². The zero-order valence-electron chi connectivity index (χ0n) is 7.76. The Morgan fingerprint density at radius 3 is 2.00 bits per heavy atom. The van der Waals surface area contributed by atoms with Crippen LogP contribution in [0.25, 0.3) is 0 Å². The number of hydrogen-bond acceptors (Lipinski definition) is 2. The van der Waals surface area contributed by atoms with Crippen LogP contribution in [0.4, 0.5) is 0 Å². The molecule has 0 rings (SSSR count). The molecule has 0 aromatic heterocycles. The Labute approximate surface area is 68.8 Å². The molecule has 0 saturated carbocycles. The van der Waals surface area contributed by atoms with Gasteiger partial charge in [-0.2, -0.15) is 5.26 Å². The van der Waals surface area contributed by atoms with Crippen molar-refractivity contribution in [3.05, 3.63) is 0 Å². The molecule has 0 heterocycles. The molecule has 2 heteroatoms. The highest BCUT2D eigenvalue weighted by Gasteiger charge is 2.35. The molecule has 0 saturated heterocycles. The molecule has 0 aromatic carbocycles. The summed E-state index contributed by atoms with van der Waals surface area (Å²) in [5, 5.41) is 18.6. The first kappa shape index (κ1) is 10.4. The normalized spacial score (nSPS) is 19.0.